The van der Waals surface area contributed by atoms with E-state index in [9.17, 15) is 4.79 Å². The van der Waals surface area contributed by atoms with E-state index in [4.69, 9.17) is 4.74 Å². The highest BCUT2D eigenvalue weighted by atomic mass is 16.5. The van der Waals surface area contributed by atoms with E-state index in [0.29, 0.717) is 35.4 Å². The van der Waals surface area contributed by atoms with Gasteiger partial charge in [-0.05, 0) is 42.3 Å². The highest BCUT2D eigenvalue weighted by Crippen LogP contribution is 2.36. The zero-order valence-electron chi connectivity index (χ0n) is 18.0. The SMILES string of the molecule is CC1=C(C(=O)Nc2ccccn2)[C@@H](c2cccc(OCc3ccccc3)c2)n2ncnc2N1. The van der Waals surface area contributed by atoms with Gasteiger partial charge in [0.1, 0.15) is 30.5 Å². The first kappa shape index (κ1) is 20.4. The lowest BCUT2D eigenvalue weighted by molar-refractivity contribution is -0.113. The van der Waals surface area contributed by atoms with Crippen LogP contribution in [0.25, 0.3) is 0 Å². The molecule has 1 amide bonds. The van der Waals surface area contributed by atoms with Gasteiger partial charge in [0.2, 0.25) is 5.95 Å². The van der Waals surface area contributed by atoms with Crippen LogP contribution in [0.5, 0.6) is 5.75 Å². The van der Waals surface area contributed by atoms with Gasteiger partial charge in [0, 0.05) is 11.9 Å². The lowest BCUT2D eigenvalue weighted by Gasteiger charge is -2.28. The predicted octanol–water partition coefficient (Wildman–Crippen LogP) is 4.18. The highest BCUT2D eigenvalue weighted by Gasteiger charge is 2.33. The molecule has 0 saturated heterocycles. The van der Waals surface area contributed by atoms with Crippen LogP contribution in [0, 0.1) is 0 Å². The first-order chi connectivity index (χ1) is 16.2. The number of aromatic nitrogens is 4. The van der Waals surface area contributed by atoms with Gasteiger partial charge in [-0.25, -0.2) is 9.67 Å². The van der Waals surface area contributed by atoms with Crippen LogP contribution in [0.1, 0.15) is 24.1 Å². The minimum absolute atomic E-state index is 0.263. The van der Waals surface area contributed by atoms with Crippen molar-refractivity contribution in [3.05, 3.63) is 108 Å². The molecule has 1 atom stereocenters. The molecule has 0 radical (unpaired) electrons. The number of fused-ring (bicyclic) bond motifs is 1. The summed E-state index contributed by atoms with van der Waals surface area (Å²) in [6.45, 7) is 2.31. The lowest BCUT2D eigenvalue weighted by Crippen LogP contribution is -2.31. The summed E-state index contributed by atoms with van der Waals surface area (Å²) in [5, 5.41) is 10.4. The molecule has 5 rings (SSSR count). The number of ether oxygens (including phenoxy) is 1. The number of nitrogens with one attached hydrogen (secondary N) is 2. The van der Waals surface area contributed by atoms with E-state index >= 15 is 0 Å². The van der Waals surface area contributed by atoms with E-state index < -0.39 is 6.04 Å². The van der Waals surface area contributed by atoms with E-state index in [1.807, 2.05) is 67.6 Å². The number of nitrogens with zero attached hydrogens (tertiary/aromatic N) is 4. The second-order valence-electron chi connectivity index (χ2n) is 7.61. The average Bonchev–Trinajstić information content (AvgIpc) is 3.31. The summed E-state index contributed by atoms with van der Waals surface area (Å²) in [5.41, 5.74) is 3.16. The molecular weight excluding hydrogens is 416 g/mol. The number of carbonyl (C=O) groups is 1. The first-order valence-corrected chi connectivity index (χ1v) is 10.6. The Hall–Kier alpha value is -4.46. The van der Waals surface area contributed by atoms with Crippen molar-refractivity contribution in [2.75, 3.05) is 10.6 Å². The van der Waals surface area contributed by atoms with Crippen LogP contribution >= 0.6 is 0 Å². The van der Waals surface area contributed by atoms with Crippen molar-refractivity contribution in [2.24, 2.45) is 0 Å². The van der Waals surface area contributed by atoms with Gasteiger partial charge in [-0.2, -0.15) is 10.1 Å². The zero-order chi connectivity index (χ0) is 22.6. The molecule has 2 aromatic carbocycles. The van der Waals surface area contributed by atoms with Gasteiger partial charge < -0.3 is 15.4 Å². The molecule has 8 nitrogen and oxygen atoms in total. The number of benzene rings is 2. The standard InChI is InChI=1S/C25H22N6O2/c1-17-22(24(32)30-21-12-5-6-13-26-21)23(31-25(29-17)27-16-28-31)19-10-7-11-20(14-19)33-15-18-8-3-2-4-9-18/h2-14,16,23H,15H2,1H3,(H,26,30,32)(H,27,28,29)/t23-/m1/s1. The van der Waals surface area contributed by atoms with Crippen molar-refractivity contribution in [2.45, 2.75) is 19.6 Å². The van der Waals surface area contributed by atoms with Gasteiger partial charge in [0.05, 0.1) is 5.57 Å². The van der Waals surface area contributed by atoms with Crippen LogP contribution in [0.15, 0.2) is 96.6 Å². The fourth-order valence-electron chi connectivity index (χ4n) is 3.83. The quantitative estimate of drug-likeness (QED) is 0.469. The Kier molecular flexibility index (Phi) is 5.55. The van der Waals surface area contributed by atoms with Crippen LogP contribution in [0.4, 0.5) is 11.8 Å². The first-order valence-electron chi connectivity index (χ1n) is 10.6. The highest BCUT2D eigenvalue weighted by molar-refractivity contribution is 6.05. The second-order valence-corrected chi connectivity index (χ2v) is 7.61. The maximum atomic E-state index is 13.3. The summed E-state index contributed by atoms with van der Waals surface area (Å²) < 4.78 is 7.73. The monoisotopic (exact) mass is 438 g/mol. The molecule has 33 heavy (non-hydrogen) atoms. The molecule has 2 aromatic heterocycles. The third-order valence-corrected chi connectivity index (χ3v) is 5.37. The summed E-state index contributed by atoms with van der Waals surface area (Å²) in [6.07, 6.45) is 3.11. The molecular formula is C25H22N6O2. The molecule has 1 aliphatic heterocycles. The van der Waals surface area contributed by atoms with E-state index in [2.05, 4.69) is 25.7 Å². The number of rotatable bonds is 6. The predicted molar refractivity (Wildman–Crippen MR) is 125 cm³/mol. The van der Waals surface area contributed by atoms with Crippen LogP contribution in [0.2, 0.25) is 0 Å². The molecule has 0 aliphatic carbocycles. The van der Waals surface area contributed by atoms with E-state index in [1.54, 1.807) is 23.0 Å². The van der Waals surface area contributed by atoms with Crippen molar-refractivity contribution in [1.82, 2.24) is 19.7 Å². The number of anilines is 2. The average molecular weight is 438 g/mol. The number of hydrogen-bond acceptors (Lipinski definition) is 6. The lowest BCUT2D eigenvalue weighted by atomic mass is 9.95. The Labute approximate surface area is 191 Å². The van der Waals surface area contributed by atoms with Crippen molar-refractivity contribution >= 4 is 17.7 Å². The van der Waals surface area contributed by atoms with Gasteiger partial charge in [0.15, 0.2) is 0 Å². The van der Waals surface area contributed by atoms with Gasteiger partial charge in [-0.3, -0.25) is 4.79 Å². The van der Waals surface area contributed by atoms with Gasteiger partial charge in [-0.15, -0.1) is 0 Å². The van der Waals surface area contributed by atoms with Crippen LogP contribution < -0.4 is 15.4 Å². The van der Waals surface area contributed by atoms with Gasteiger partial charge in [-0.1, -0.05) is 48.5 Å². The third-order valence-electron chi connectivity index (χ3n) is 5.37. The minimum atomic E-state index is -0.479. The van der Waals surface area contributed by atoms with Gasteiger partial charge >= 0.3 is 0 Å². The number of carbonyl (C=O) groups excluding carboxylic acids is 1. The Morgan fingerprint density at radius 1 is 1.06 bits per heavy atom. The Morgan fingerprint density at radius 2 is 1.91 bits per heavy atom. The maximum absolute atomic E-state index is 13.3. The number of hydrogen-bond donors (Lipinski definition) is 2. The Bertz CT molecular complexity index is 1300. The number of pyridine rings is 1. The molecule has 0 bridgehead atoms. The summed E-state index contributed by atoms with van der Waals surface area (Å²) in [5.74, 6) is 1.49. The number of amides is 1. The number of allylic oxidation sites excluding steroid dienone is 1. The van der Waals surface area contributed by atoms with Gasteiger partial charge in [0.25, 0.3) is 5.91 Å². The largest absolute Gasteiger partial charge is 0.489 e. The second kappa shape index (κ2) is 8.96. The smallest absolute Gasteiger partial charge is 0.257 e. The summed E-state index contributed by atoms with van der Waals surface area (Å²) >= 11 is 0. The molecule has 0 fully saturated rings. The van der Waals surface area contributed by atoms with E-state index in [1.165, 1.54) is 6.33 Å². The Balaban J connectivity index is 1.47. The van der Waals surface area contributed by atoms with Crippen LogP contribution in [-0.4, -0.2) is 25.7 Å². The van der Waals surface area contributed by atoms with Crippen molar-refractivity contribution in [3.63, 3.8) is 0 Å². The molecule has 1 aliphatic rings. The summed E-state index contributed by atoms with van der Waals surface area (Å²) in [4.78, 5) is 21.8. The Morgan fingerprint density at radius 3 is 2.73 bits per heavy atom. The maximum Gasteiger partial charge on any atom is 0.257 e. The fourth-order valence-corrected chi connectivity index (χ4v) is 3.83. The normalized spacial score (nSPS) is 14.9. The molecule has 164 valence electrons. The molecule has 0 spiro atoms. The van der Waals surface area contributed by atoms with Crippen LogP contribution in [-0.2, 0) is 11.4 Å². The topological polar surface area (TPSA) is 94.0 Å². The molecule has 8 heteroatoms. The van der Waals surface area contributed by atoms with Crippen molar-refractivity contribution in [3.8, 4) is 5.75 Å². The van der Waals surface area contributed by atoms with Crippen molar-refractivity contribution in [1.29, 1.82) is 0 Å². The molecule has 3 heterocycles. The van der Waals surface area contributed by atoms with Crippen LogP contribution in [0.3, 0.4) is 0 Å². The van der Waals surface area contributed by atoms with Crippen molar-refractivity contribution < 1.29 is 9.53 Å². The summed E-state index contributed by atoms with van der Waals surface area (Å²) in [6, 6.07) is 22.6. The molecule has 0 unspecified atom stereocenters. The van der Waals surface area contributed by atoms with E-state index in [0.717, 1.165) is 11.1 Å². The minimum Gasteiger partial charge on any atom is -0.489 e. The molecule has 2 N–H and O–H groups in total. The third kappa shape index (κ3) is 4.31. The zero-order valence-corrected chi connectivity index (χ0v) is 18.0. The molecule has 0 saturated carbocycles. The molecule has 4 aromatic rings. The fraction of sp³-hybridized carbons (Fsp3) is 0.120. The van der Waals surface area contributed by atoms with E-state index in [-0.39, 0.29) is 5.91 Å². The summed E-state index contributed by atoms with van der Waals surface area (Å²) in [7, 11) is 0.